The van der Waals surface area contributed by atoms with Gasteiger partial charge in [-0.1, -0.05) is 6.92 Å². The van der Waals surface area contributed by atoms with Crippen molar-refractivity contribution in [1.82, 2.24) is 9.55 Å². The van der Waals surface area contributed by atoms with Crippen LogP contribution in [0, 0.1) is 11.3 Å². The SMILES string of the molecule is CC1(Cn2cncc2C(N)C2CCOC2)CC1. The van der Waals surface area contributed by atoms with Gasteiger partial charge in [-0.3, -0.25) is 0 Å². The van der Waals surface area contributed by atoms with E-state index in [1.807, 2.05) is 12.5 Å². The van der Waals surface area contributed by atoms with Gasteiger partial charge in [-0.15, -0.1) is 0 Å². The molecule has 2 aliphatic rings. The van der Waals surface area contributed by atoms with Crippen LogP contribution >= 0.6 is 0 Å². The first-order chi connectivity index (χ1) is 8.18. The second-order valence-corrected chi connectivity index (χ2v) is 5.91. The topological polar surface area (TPSA) is 53.1 Å². The van der Waals surface area contributed by atoms with Crippen LogP contribution < -0.4 is 5.73 Å². The maximum Gasteiger partial charge on any atom is 0.0948 e. The smallest absolute Gasteiger partial charge is 0.0948 e. The van der Waals surface area contributed by atoms with Gasteiger partial charge in [0.05, 0.1) is 24.7 Å². The summed E-state index contributed by atoms with van der Waals surface area (Å²) in [6, 6.07) is 0.0716. The van der Waals surface area contributed by atoms with E-state index in [0.29, 0.717) is 11.3 Å². The van der Waals surface area contributed by atoms with Crippen molar-refractivity contribution >= 4 is 0 Å². The largest absolute Gasteiger partial charge is 0.381 e. The first kappa shape index (κ1) is 11.2. The summed E-state index contributed by atoms with van der Waals surface area (Å²) in [6.07, 6.45) is 7.58. The van der Waals surface area contributed by atoms with Crippen molar-refractivity contribution in [2.75, 3.05) is 13.2 Å². The fourth-order valence-electron chi connectivity index (χ4n) is 2.60. The van der Waals surface area contributed by atoms with Crippen LogP contribution in [0.2, 0.25) is 0 Å². The minimum atomic E-state index is 0.0716. The number of imidazole rings is 1. The second kappa shape index (κ2) is 4.10. The maximum absolute atomic E-state index is 6.34. The van der Waals surface area contributed by atoms with Gasteiger partial charge in [-0.05, 0) is 24.7 Å². The molecular formula is C13H21N3O. The Kier molecular flexibility index (Phi) is 2.71. The zero-order valence-corrected chi connectivity index (χ0v) is 10.4. The number of ether oxygens (including phenoxy) is 1. The number of aromatic nitrogens is 2. The van der Waals surface area contributed by atoms with Crippen LogP contribution in [0.3, 0.4) is 0 Å². The fourth-order valence-corrected chi connectivity index (χ4v) is 2.60. The molecule has 1 saturated heterocycles. The van der Waals surface area contributed by atoms with Crippen molar-refractivity contribution in [3.63, 3.8) is 0 Å². The average Bonchev–Trinajstić information content (AvgIpc) is 2.79. The number of hydrogen-bond acceptors (Lipinski definition) is 3. The molecule has 2 N–H and O–H groups in total. The van der Waals surface area contributed by atoms with Crippen LogP contribution in [0.1, 0.15) is 37.9 Å². The summed E-state index contributed by atoms with van der Waals surface area (Å²) in [6.45, 7) is 5.04. The highest BCUT2D eigenvalue weighted by atomic mass is 16.5. The van der Waals surface area contributed by atoms with Gasteiger partial charge in [0.25, 0.3) is 0 Å². The zero-order chi connectivity index (χ0) is 11.9. The Balaban J connectivity index is 1.75. The van der Waals surface area contributed by atoms with Gasteiger partial charge >= 0.3 is 0 Å². The predicted octanol–water partition coefficient (Wildman–Crippen LogP) is 1.72. The molecule has 1 saturated carbocycles. The molecular weight excluding hydrogens is 214 g/mol. The lowest BCUT2D eigenvalue weighted by molar-refractivity contribution is 0.180. The third kappa shape index (κ3) is 2.24. The number of hydrogen-bond donors (Lipinski definition) is 1. The van der Waals surface area contributed by atoms with E-state index in [0.717, 1.165) is 26.2 Å². The quantitative estimate of drug-likeness (QED) is 0.864. The summed E-state index contributed by atoms with van der Waals surface area (Å²) in [5, 5.41) is 0. The molecule has 4 nitrogen and oxygen atoms in total. The minimum Gasteiger partial charge on any atom is -0.381 e. The third-order valence-corrected chi connectivity index (χ3v) is 4.21. The summed E-state index contributed by atoms with van der Waals surface area (Å²) in [7, 11) is 0. The molecule has 2 unspecified atom stereocenters. The second-order valence-electron chi connectivity index (χ2n) is 5.91. The Morgan fingerprint density at radius 2 is 2.47 bits per heavy atom. The molecule has 0 spiro atoms. The van der Waals surface area contributed by atoms with Crippen molar-refractivity contribution < 1.29 is 4.74 Å². The van der Waals surface area contributed by atoms with Gasteiger partial charge in [0.15, 0.2) is 0 Å². The Labute approximate surface area is 102 Å². The summed E-state index contributed by atoms with van der Waals surface area (Å²) < 4.78 is 7.67. The van der Waals surface area contributed by atoms with Crippen molar-refractivity contribution in [2.24, 2.45) is 17.1 Å². The molecule has 3 rings (SSSR count). The molecule has 1 aromatic heterocycles. The van der Waals surface area contributed by atoms with Gasteiger partial charge < -0.3 is 15.0 Å². The van der Waals surface area contributed by atoms with Gasteiger partial charge in [-0.25, -0.2) is 4.98 Å². The molecule has 1 aliphatic carbocycles. The molecule has 1 aliphatic heterocycles. The summed E-state index contributed by atoms with van der Waals surface area (Å²) in [5.74, 6) is 0.456. The molecule has 2 heterocycles. The van der Waals surface area contributed by atoms with E-state index in [1.54, 1.807) is 0 Å². The van der Waals surface area contributed by atoms with Crippen molar-refractivity contribution in [3.8, 4) is 0 Å². The van der Waals surface area contributed by atoms with E-state index in [2.05, 4.69) is 16.5 Å². The molecule has 0 amide bonds. The molecule has 4 heteroatoms. The standard InChI is InChI=1S/C13H21N3O/c1-13(3-4-13)8-16-9-15-6-11(16)12(14)10-2-5-17-7-10/h6,9-10,12H,2-5,7-8,14H2,1H3. The number of rotatable bonds is 4. The molecule has 1 aromatic rings. The lowest BCUT2D eigenvalue weighted by atomic mass is 9.97. The van der Waals surface area contributed by atoms with Gasteiger partial charge in [0.1, 0.15) is 0 Å². The highest BCUT2D eigenvalue weighted by molar-refractivity contribution is 5.08. The van der Waals surface area contributed by atoms with Gasteiger partial charge in [-0.2, -0.15) is 0 Å². The molecule has 0 bridgehead atoms. The lowest BCUT2D eigenvalue weighted by Gasteiger charge is -2.21. The fraction of sp³-hybridized carbons (Fsp3) is 0.769. The van der Waals surface area contributed by atoms with E-state index >= 15 is 0 Å². The molecule has 0 radical (unpaired) electrons. The molecule has 2 atom stereocenters. The van der Waals surface area contributed by atoms with E-state index in [-0.39, 0.29) is 6.04 Å². The average molecular weight is 235 g/mol. The highest BCUT2D eigenvalue weighted by Crippen LogP contribution is 2.46. The molecule has 2 fully saturated rings. The van der Waals surface area contributed by atoms with Crippen LogP contribution in [0.5, 0.6) is 0 Å². The zero-order valence-electron chi connectivity index (χ0n) is 10.4. The van der Waals surface area contributed by atoms with E-state index < -0.39 is 0 Å². The highest BCUT2D eigenvalue weighted by Gasteiger charge is 2.38. The van der Waals surface area contributed by atoms with E-state index in [4.69, 9.17) is 10.5 Å². The van der Waals surface area contributed by atoms with Gasteiger partial charge in [0.2, 0.25) is 0 Å². The Bertz CT molecular complexity index is 391. The van der Waals surface area contributed by atoms with Crippen molar-refractivity contribution in [2.45, 2.75) is 38.8 Å². The van der Waals surface area contributed by atoms with Crippen LogP contribution in [-0.2, 0) is 11.3 Å². The minimum absolute atomic E-state index is 0.0716. The molecule has 94 valence electrons. The monoisotopic (exact) mass is 235 g/mol. The predicted molar refractivity (Wildman–Crippen MR) is 65.4 cm³/mol. The number of nitrogens with two attached hydrogens (primary N) is 1. The Morgan fingerprint density at radius 3 is 3.12 bits per heavy atom. The van der Waals surface area contributed by atoms with E-state index in [9.17, 15) is 0 Å². The van der Waals surface area contributed by atoms with Crippen molar-refractivity contribution in [1.29, 1.82) is 0 Å². The Morgan fingerprint density at radius 1 is 1.65 bits per heavy atom. The Hall–Kier alpha value is -0.870. The maximum atomic E-state index is 6.34. The normalized spacial score (nSPS) is 28.2. The third-order valence-electron chi connectivity index (χ3n) is 4.21. The first-order valence-electron chi connectivity index (χ1n) is 6.51. The van der Waals surface area contributed by atoms with Crippen LogP contribution in [-0.4, -0.2) is 22.8 Å². The van der Waals surface area contributed by atoms with Crippen LogP contribution in [0.15, 0.2) is 12.5 Å². The molecule has 0 aromatic carbocycles. The summed E-state index contributed by atoms with van der Waals surface area (Å²) in [5.41, 5.74) is 8.01. The van der Waals surface area contributed by atoms with Crippen LogP contribution in [0.25, 0.3) is 0 Å². The summed E-state index contributed by atoms with van der Waals surface area (Å²) in [4.78, 5) is 4.27. The van der Waals surface area contributed by atoms with Gasteiger partial charge in [0, 0.05) is 25.3 Å². The lowest BCUT2D eigenvalue weighted by Crippen LogP contribution is -2.25. The van der Waals surface area contributed by atoms with E-state index in [1.165, 1.54) is 18.5 Å². The van der Waals surface area contributed by atoms with Crippen LogP contribution in [0.4, 0.5) is 0 Å². The molecule has 17 heavy (non-hydrogen) atoms. The number of nitrogens with zero attached hydrogens (tertiary/aromatic N) is 2. The first-order valence-corrected chi connectivity index (χ1v) is 6.51. The summed E-state index contributed by atoms with van der Waals surface area (Å²) >= 11 is 0. The van der Waals surface area contributed by atoms with Crippen molar-refractivity contribution in [3.05, 3.63) is 18.2 Å².